The Hall–Kier alpha value is -3.22. The fraction of sp³-hybridized carbons (Fsp3) is 0.222. The van der Waals surface area contributed by atoms with Crippen LogP contribution in [-0.2, 0) is 16.1 Å². The molecule has 2 aromatic rings. The number of amides is 2. The van der Waals surface area contributed by atoms with Crippen LogP contribution in [0.3, 0.4) is 0 Å². The third kappa shape index (κ3) is 4.87. The van der Waals surface area contributed by atoms with Gasteiger partial charge in [0.1, 0.15) is 5.75 Å². The van der Waals surface area contributed by atoms with Gasteiger partial charge in [0, 0.05) is 18.3 Å². The number of carbonyl (C=O) groups excluding carboxylic acids is 2. The Balaban J connectivity index is 1.94. The molecule has 0 saturated carbocycles. The summed E-state index contributed by atoms with van der Waals surface area (Å²) < 4.78 is 15.4. The Kier molecular flexibility index (Phi) is 6.22. The number of methoxy groups -OCH3 is 3. The normalized spacial score (nSPS) is 9.88. The second-order valence-corrected chi connectivity index (χ2v) is 5.06. The Morgan fingerprint density at radius 1 is 0.880 bits per heavy atom. The van der Waals surface area contributed by atoms with Gasteiger partial charge in [-0.2, -0.15) is 0 Å². The number of nitrogens with one attached hydrogen (secondary N) is 2. The first-order valence-corrected chi connectivity index (χ1v) is 7.51. The highest BCUT2D eigenvalue weighted by molar-refractivity contribution is 6.39. The summed E-state index contributed by atoms with van der Waals surface area (Å²) in [6.45, 7) is 0.185. The first-order chi connectivity index (χ1) is 12.1. The standard InChI is InChI=1S/C18H20N2O5/c1-23-14-6-4-5-13(10-14)20-18(22)17(21)19-11-12-7-8-15(24-2)16(9-12)25-3/h4-10H,11H2,1-3H3,(H,19,21)(H,20,22). The van der Waals surface area contributed by atoms with Crippen molar-refractivity contribution in [3.8, 4) is 17.2 Å². The Bertz CT molecular complexity index is 761. The van der Waals surface area contributed by atoms with Crippen LogP contribution in [0.5, 0.6) is 17.2 Å². The van der Waals surface area contributed by atoms with Crippen molar-refractivity contribution in [2.24, 2.45) is 0 Å². The van der Waals surface area contributed by atoms with Crippen molar-refractivity contribution in [1.29, 1.82) is 0 Å². The van der Waals surface area contributed by atoms with Gasteiger partial charge in [-0.05, 0) is 29.8 Å². The van der Waals surface area contributed by atoms with Crippen LogP contribution in [0, 0.1) is 0 Å². The molecule has 0 spiro atoms. The topological polar surface area (TPSA) is 85.9 Å². The van der Waals surface area contributed by atoms with Crippen molar-refractivity contribution in [2.75, 3.05) is 26.6 Å². The molecule has 0 bridgehead atoms. The molecule has 0 heterocycles. The maximum absolute atomic E-state index is 11.9. The van der Waals surface area contributed by atoms with Crippen molar-refractivity contribution < 1.29 is 23.8 Å². The summed E-state index contributed by atoms with van der Waals surface area (Å²) in [5.74, 6) is 0.235. The fourth-order valence-corrected chi connectivity index (χ4v) is 2.14. The zero-order valence-corrected chi connectivity index (χ0v) is 14.3. The second kappa shape index (κ2) is 8.58. The number of hydrogen-bond acceptors (Lipinski definition) is 5. The maximum Gasteiger partial charge on any atom is 0.313 e. The van der Waals surface area contributed by atoms with Gasteiger partial charge in [-0.3, -0.25) is 9.59 Å². The Morgan fingerprint density at radius 2 is 1.64 bits per heavy atom. The molecular formula is C18H20N2O5. The minimum Gasteiger partial charge on any atom is -0.497 e. The minimum absolute atomic E-state index is 0.185. The second-order valence-electron chi connectivity index (χ2n) is 5.06. The van der Waals surface area contributed by atoms with E-state index >= 15 is 0 Å². The van der Waals surface area contributed by atoms with Crippen LogP contribution in [0.2, 0.25) is 0 Å². The van der Waals surface area contributed by atoms with E-state index in [0.717, 1.165) is 5.56 Å². The first-order valence-electron chi connectivity index (χ1n) is 7.51. The van der Waals surface area contributed by atoms with E-state index in [0.29, 0.717) is 22.9 Å². The average molecular weight is 344 g/mol. The summed E-state index contributed by atoms with van der Waals surface area (Å²) in [5.41, 5.74) is 1.26. The summed E-state index contributed by atoms with van der Waals surface area (Å²) >= 11 is 0. The maximum atomic E-state index is 11.9. The largest absolute Gasteiger partial charge is 0.497 e. The number of rotatable bonds is 6. The molecule has 2 amide bonds. The molecule has 2 N–H and O–H groups in total. The molecule has 7 heteroatoms. The summed E-state index contributed by atoms with van der Waals surface area (Å²) in [6.07, 6.45) is 0. The Morgan fingerprint density at radius 3 is 2.32 bits per heavy atom. The summed E-state index contributed by atoms with van der Waals surface area (Å²) in [6, 6.07) is 12.0. The van der Waals surface area contributed by atoms with Crippen LogP contribution in [0.1, 0.15) is 5.56 Å². The predicted molar refractivity (Wildman–Crippen MR) is 93.0 cm³/mol. The number of ether oxygens (including phenoxy) is 3. The smallest absolute Gasteiger partial charge is 0.313 e. The van der Waals surface area contributed by atoms with Crippen LogP contribution in [0.4, 0.5) is 5.69 Å². The average Bonchev–Trinajstić information content (AvgIpc) is 2.65. The zero-order valence-electron chi connectivity index (χ0n) is 14.3. The van der Waals surface area contributed by atoms with Gasteiger partial charge < -0.3 is 24.8 Å². The lowest BCUT2D eigenvalue weighted by atomic mass is 10.2. The van der Waals surface area contributed by atoms with E-state index in [1.165, 1.54) is 14.2 Å². The molecule has 132 valence electrons. The SMILES string of the molecule is COc1cccc(NC(=O)C(=O)NCc2ccc(OC)c(OC)c2)c1. The molecule has 0 unspecified atom stereocenters. The van der Waals surface area contributed by atoms with Crippen molar-refractivity contribution in [3.05, 3.63) is 48.0 Å². The van der Waals surface area contributed by atoms with Crippen LogP contribution in [0.15, 0.2) is 42.5 Å². The van der Waals surface area contributed by atoms with E-state index in [-0.39, 0.29) is 6.54 Å². The Labute approximate surface area is 145 Å². The van der Waals surface area contributed by atoms with Gasteiger partial charge in [0.25, 0.3) is 0 Å². The van der Waals surface area contributed by atoms with Crippen molar-refractivity contribution in [1.82, 2.24) is 5.32 Å². The van der Waals surface area contributed by atoms with Crippen molar-refractivity contribution in [3.63, 3.8) is 0 Å². The van der Waals surface area contributed by atoms with E-state index in [1.54, 1.807) is 49.6 Å². The molecule has 0 aliphatic rings. The summed E-state index contributed by atoms with van der Waals surface area (Å²) in [7, 11) is 4.60. The lowest BCUT2D eigenvalue weighted by Crippen LogP contribution is -2.34. The van der Waals surface area contributed by atoms with Crippen LogP contribution in [-0.4, -0.2) is 33.1 Å². The van der Waals surface area contributed by atoms with Crippen LogP contribution >= 0.6 is 0 Å². The van der Waals surface area contributed by atoms with Crippen LogP contribution in [0.25, 0.3) is 0 Å². The molecule has 0 aliphatic heterocycles. The molecule has 0 radical (unpaired) electrons. The number of carbonyl (C=O) groups is 2. The van der Waals surface area contributed by atoms with Gasteiger partial charge in [0.2, 0.25) is 0 Å². The van der Waals surface area contributed by atoms with Gasteiger partial charge in [0.15, 0.2) is 11.5 Å². The van der Waals surface area contributed by atoms with Gasteiger partial charge in [-0.1, -0.05) is 12.1 Å². The zero-order chi connectivity index (χ0) is 18.2. The van der Waals surface area contributed by atoms with E-state index in [2.05, 4.69) is 10.6 Å². The molecule has 2 aromatic carbocycles. The number of anilines is 1. The quantitative estimate of drug-likeness (QED) is 0.783. The molecule has 25 heavy (non-hydrogen) atoms. The molecule has 0 aliphatic carbocycles. The molecule has 0 saturated heterocycles. The third-order valence-electron chi connectivity index (χ3n) is 3.43. The lowest BCUT2D eigenvalue weighted by molar-refractivity contribution is -0.136. The highest BCUT2D eigenvalue weighted by Gasteiger charge is 2.14. The van der Waals surface area contributed by atoms with Gasteiger partial charge in [0.05, 0.1) is 21.3 Å². The summed E-state index contributed by atoms with van der Waals surface area (Å²) in [4.78, 5) is 23.9. The van der Waals surface area contributed by atoms with E-state index < -0.39 is 11.8 Å². The lowest BCUT2D eigenvalue weighted by Gasteiger charge is -2.10. The predicted octanol–water partition coefficient (Wildman–Crippen LogP) is 1.97. The highest BCUT2D eigenvalue weighted by atomic mass is 16.5. The van der Waals surface area contributed by atoms with Gasteiger partial charge in [-0.15, -0.1) is 0 Å². The van der Waals surface area contributed by atoms with Gasteiger partial charge in [-0.25, -0.2) is 0 Å². The van der Waals surface area contributed by atoms with E-state index in [1.807, 2.05) is 0 Å². The first kappa shape index (κ1) is 18.1. The molecule has 2 rings (SSSR count). The third-order valence-corrected chi connectivity index (χ3v) is 3.43. The molecule has 0 aromatic heterocycles. The molecule has 7 nitrogen and oxygen atoms in total. The molecule has 0 atom stereocenters. The number of benzene rings is 2. The van der Waals surface area contributed by atoms with E-state index in [4.69, 9.17) is 14.2 Å². The minimum atomic E-state index is -0.756. The summed E-state index contributed by atoms with van der Waals surface area (Å²) in [5, 5.41) is 5.08. The van der Waals surface area contributed by atoms with Crippen molar-refractivity contribution >= 4 is 17.5 Å². The van der Waals surface area contributed by atoms with Gasteiger partial charge >= 0.3 is 11.8 Å². The number of hydrogen-bond donors (Lipinski definition) is 2. The van der Waals surface area contributed by atoms with E-state index in [9.17, 15) is 9.59 Å². The monoisotopic (exact) mass is 344 g/mol. The molecule has 0 fully saturated rings. The van der Waals surface area contributed by atoms with Crippen LogP contribution < -0.4 is 24.8 Å². The van der Waals surface area contributed by atoms with Crippen molar-refractivity contribution in [2.45, 2.75) is 6.54 Å². The fourth-order valence-electron chi connectivity index (χ4n) is 2.14. The molecular weight excluding hydrogens is 324 g/mol. The highest BCUT2D eigenvalue weighted by Crippen LogP contribution is 2.27.